The van der Waals surface area contributed by atoms with Gasteiger partial charge in [-0.15, -0.1) is 0 Å². The number of hydrogen-bond acceptors (Lipinski definition) is 10. The number of phenolic OH excluding ortho intramolecular Hbond substituents is 1. The molecule has 0 atom stereocenters. The fourth-order valence-corrected chi connectivity index (χ4v) is 3.61. The lowest BCUT2D eigenvalue weighted by molar-refractivity contribution is -0.193. The summed E-state index contributed by atoms with van der Waals surface area (Å²) in [5.41, 5.74) is 2.32. The van der Waals surface area contributed by atoms with Crippen LogP contribution in [0.4, 0.5) is 0 Å². The Bertz CT molecular complexity index is 1250. The number of fused-ring (bicyclic) bond motifs is 1. The van der Waals surface area contributed by atoms with Crippen LogP contribution >= 0.6 is 31.9 Å². The van der Waals surface area contributed by atoms with Gasteiger partial charge in [0, 0.05) is 26.5 Å². The molecule has 0 aliphatic carbocycles. The molecule has 3 aromatic rings. The largest absolute Gasteiger partial charge is 0.504 e. The molecule has 0 fully saturated rings. The number of ether oxygens (including phenoxy) is 2. The van der Waals surface area contributed by atoms with E-state index >= 15 is 0 Å². The van der Waals surface area contributed by atoms with Gasteiger partial charge in [-0.1, -0.05) is 38.4 Å². The van der Waals surface area contributed by atoms with E-state index in [-0.39, 0.29) is 29.6 Å². The number of esters is 1. The molecule has 3 rings (SSSR count). The Labute approximate surface area is 229 Å². The molecule has 12 heteroatoms. The monoisotopic (exact) mass is 642 g/mol. The summed E-state index contributed by atoms with van der Waals surface area (Å²) >= 11 is 6.61. The Hall–Kier alpha value is -3.82. The number of rotatable bonds is 3. The summed E-state index contributed by atoms with van der Waals surface area (Å²) in [7, 11) is 1.54. The minimum atomic E-state index is -0.359. The van der Waals surface area contributed by atoms with Crippen LogP contribution in [-0.2, 0) is 28.7 Å². The first-order valence-electron chi connectivity index (χ1n) is 9.96. The number of carbonyl (C=O) groups is 1. The highest BCUT2D eigenvalue weighted by Gasteiger charge is 2.05. The van der Waals surface area contributed by atoms with Gasteiger partial charge in [0.05, 0.1) is 13.7 Å². The Balaban J connectivity index is 0. The molecule has 0 aliphatic heterocycles. The van der Waals surface area contributed by atoms with E-state index in [2.05, 4.69) is 43.2 Å². The van der Waals surface area contributed by atoms with Crippen LogP contribution in [0, 0.1) is 13.8 Å². The highest BCUT2D eigenvalue weighted by Crippen LogP contribution is 2.32. The van der Waals surface area contributed by atoms with E-state index in [9.17, 15) is 14.7 Å². The van der Waals surface area contributed by atoms with Crippen molar-refractivity contribution in [2.24, 2.45) is 0 Å². The zero-order valence-corrected chi connectivity index (χ0v) is 23.5. The molecule has 0 radical (unpaired) electrons. The number of carbonyl (C=O) groups excluding carboxylic acids is 5. The second kappa shape index (κ2) is 20.4. The van der Waals surface area contributed by atoms with Crippen molar-refractivity contribution in [3.63, 3.8) is 0 Å². The second-order valence-electron chi connectivity index (χ2n) is 6.29. The fourth-order valence-electron chi connectivity index (χ4n) is 2.49. The van der Waals surface area contributed by atoms with Crippen molar-refractivity contribution in [3.8, 4) is 11.5 Å². The molecule has 198 valence electrons. The maximum Gasteiger partial charge on any atom is 0.373 e. The molecule has 1 aromatic heterocycles. The standard InChI is InChI=1S/C10H7BrO2.C8H9BrO2.C5H8O2.2CO2/c1-6-4-7(11)5-9-8(6)2-3-10(12)13-9;1-5-3-6(9)4-7(10)8(5)11-2;1-3-5(6)7-4-2;2*2-1-3/h2-5H,1H3;3-4,10H,1-2H3;3H,1,4H2,2H3;;. The predicted molar refractivity (Wildman–Crippen MR) is 139 cm³/mol. The Morgan fingerprint density at radius 3 is 1.97 bits per heavy atom. The minimum absolute atomic E-state index is 0.166. The van der Waals surface area contributed by atoms with Gasteiger partial charge in [0.1, 0.15) is 5.58 Å². The molecular weight excluding hydrogens is 620 g/mol. The quantitative estimate of drug-likeness (QED) is 0.237. The number of benzene rings is 2. The molecule has 0 bridgehead atoms. The summed E-state index contributed by atoms with van der Waals surface area (Å²) in [5, 5.41) is 10.3. The van der Waals surface area contributed by atoms with Gasteiger partial charge in [0.25, 0.3) is 0 Å². The van der Waals surface area contributed by atoms with Gasteiger partial charge < -0.3 is 19.0 Å². The molecule has 0 saturated carbocycles. The van der Waals surface area contributed by atoms with E-state index in [1.165, 1.54) is 13.2 Å². The van der Waals surface area contributed by atoms with Crippen molar-refractivity contribution in [3.05, 3.63) is 79.5 Å². The summed E-state index contributed by atoms with van der Waals surface area (Å²) in [6.07, 6.45) is 1.64. The van der Waals surface area contributed by atoms with Crippen molar-refractivity contribution in [2.45, 2.75) is 20.8 Å². The zero-order chi connectivity index (χ0) is 29.0. The van der Waals surface area contributed by atoms with E-state index < -0.39 is 0 Å². The third kappa shape index (κ3) is 15.0. The van der Waals surface area contributed by atoms with Gasteiger partial charge in [0.2, 0.25) is 0 Å². The van der Waals surface area contributed by atoms with Gasteiger partial charge >= 0.3 is 23.9 Å². The third-order valence-corrected chi connectivity index (χ3v) is 4.70. The smallest absolute Gasteiger partial charge is 0.373 e. The first-order valence-corrected chi connectivity index (χ1v) is 11.5. The number of halogens is 2. The summed E-state index contributed by atoms with van der Waals surface area (Å²) in [5.74, 6) is 0.343. The van der Waals surface area contributed by atoms with Crippen LogP contribution in [0.3, 0.4) is 0 Å². The number of aromatic hydroxyl groups is 1. The molecule has 1 heterocycles. The average Bonchev–Trinajstić information content (AvgIpc) is 2.80. The van der Waals surface area contributed by atoms with E-state index in [0.717, 1.165) is 31.5 Å². The topological polar surface area (TPSA) is 154 Å². The maximum absolute atomic E-state index is 10.9. The Morgan fingerprint density at radius 1 is 1.03 bits per heavy atom. The van der Waals surface area contributed by atoms with E-state index in [4.69, 9.17) is 28.3 Å². The molecule has 0 unspecified atom stereocenters. The number of phenols is 1. The van der Waals surface area contributed by atoms with Crippen LogP contribution in [-0.4, -0.2) is 37.1 Å². The van der Waals surface area contributed by atoms with E-state index in [0.29, 0.717) is 17.9 Å². The number of aryl methyl sites for hydroxylation is 2. The number of hydrogen-bond donors (Lipinski definition) is 1. The first-order chi connectivity index (χ1) is 17.4. The molecule has 0 aliphatic rings. The van der Waals surface area contributed by atoms with Crippen LogP contribution in [0.5, 0.6) is 11.5 Å². The summed E-state index contributed by atoms with van der Waals surface area (Å²) in [6, 6.07) is 10.5. The molecule has 0 spiro atoms. The van der Waals surface area contributed by atoms with E-state index in [1.807, 2.05) is 26.0 Å². The van der Waals surface area contributed by atoms with Crippen molar-refractivity contribution < 1.29 is 43.0 Å². The lowest BCUT2D eigenvalue weighted by Crippen LogP contribution is -1.97. The maximum atomic E-state index is 10.9. The lowest BCUT2D eigenvalue weighted by atomic mass is 10.1. The van der Waals surface area contributed by atoms with Gasteiger partial charge in [-0.3, -0.25) is 0 Å². The first kappa shape index (κ1) is 35.3. The molecule has 37 heavy (non-hydrogen) atoms. The van der Waals surface area contributed by atoms with Crippen molar-refractivity contribution in [1.82, 2.24) is 0 Å². The summed E-state index contributed by atoms with van der Waals surface area (Å²) in [4.78, 5) is 53.5. The highest BCUT2D eigenvalue weighted by atomic mass is 79.9. The number of methoxy groups -OCH3 is 1. The summed E-state index contributed by atoms with van der Waals surface area (Å²) in [6.45, 7) is 9.24. The Kier molecular flexibility index (Phi) is 19.5. The summed E-state index contributed by atoms with van der Waals surface area (Å²) < 4.78 is 16.2. The minimum Gasteiger partial charge on any atom is -0.504 e. The molecule has 2 aromatic carbocycles. The third-order valence-electron chi connectivity index (χ3n) is 3.79. The van der Waals surface area contributed by atoms with Gasteiger partial charge in [-0.25, -0.2) is 9.59 Å². The van der Waals surface area contributed by atoms with E-state index in [1.54, 1.807) is 25.1 Å². The van der Waals surface area contributed by atoms with Crippen LogP contribution in [0.15, 0.2) is 67.2 Å². The van der Waals surface area contributed by atoms with Crippen molar-refractivity contribution in [1.29, 1.82) is 0 Å². The van der Waals surface area contributed by atoms with Crippen LogP contribution in [0.1, 0.15) is 18.1 Å². The lowest BCUT2D eigenvalue weighted by Gasteiger charge is -2.06. The predicted octanol–water partition coefficient (Wildman–Crippen LogP) is 4.90. The van der Waals surface area contributed by atoms with Crippen LogP contribution in [0.25, 0.3) is 11.0 Å². The van der Waals surface area contributed by atoms with Crippen LogP contribution < -0.4 is 10.4 Å². The van der Waals surface area contributed by atoms with Gasteiger partial charge in [-0.05, 0) is 62.2 Å². The SMILES string of the molecule is C=CC(=O)OCC.COc1c(C)cc(Br)cc1O.Cc1cc(Br)cc2oc(=O)ccc12.O=C=O.O=C=O. The molecule has 0 amide bonds. The highest BCUT2D eigenvalue weighted by molar-refractivity contribution is 9.10. The normalized spacial score (nSPS) is 8.49. The molecule has 10 nitrogen and oxygen atoms in total. The molecule has 1 N–H and O–H groups in total. The Morgan fingerprint density at radius 2 is 1.54 bits per heavy atom. The van der Waals surface area contributed by atoms with Gasteiger partial charge in [-0.2, -0.15) is 19.2 Å². The zero-order valence-electron chi connectivity index (χ0n) is 20.3. The van der Waals surface area contributed by atoms with Gasteiger partial charge in [0.15, 0.2) is 11.5 Å². The molecular formula is C25H24Br2O10. The van der Waals surface area contributed by atoms with Crippen LogP contribution in [0.2, 0.25) is 0 Å². The van der Waals surface area contributed by atoms with Crippen molar-refractivity contribution in [2.75, 3.05) is 13.7 Å². The second-order valence-corrected chi connectivity index (χ2v) is 8.12. The fraction of sp³-hybridized carbons (Fsp3) is 0.200. The average molecular weight is 644 g/mol. The molecule has 0 saturated heterocycles. The van der Waals surface area contributed by atoms with Crippen molar-refractivity contribution >= 4 is 61.1 Å².